The van der Waals surface area contributed by atoms with E-state index in [1.165, 1.54) is 0 Å². The maximum absolute atomic E-state index is 11.1. The zero-order chi connectivity index (χ0) is 12.6. The van der Waals surface area contributed by atoms with Gasteiger partial charge in [-0.15, -0.1) is 0 Å². The van der Waals surface area contributed by atoms with E-state index in [4.69, 9.17) is 15.6 Å². The van der Waals surface area contributed by atoms with Crippen LogP contribution in [0.1, 0.15) is 25.3 Å². The lowest BCUT2D eigenvalue weighted by Crippen LogP contribution is -2.23. The number of rotatable bonds is 3. The highest BCUT2D eigenvalue weighted by molar-refractivity contribution is 8.00. The van der Waals surface area contributed by atoms with Crippen LogP contribution < -0.4 is 10.5 Å². The first-order valence-corrected chi connectivity index (χ1v) is 6.20. The Hall–Kier alpha value is -1.20. The minimum Gasteiger partial charge on any atom is -0.481 e. The molecule has 1 aliphatic heterocycles. The number of carboxylic acid groups (broad SMARTS) is 1. The summed E-state index contributed by atoms with van der Waals surface area (Å²) in [6.07, 6.45) is 0. The molecule has 3 N–H and O–H groups in total. The summed E-state index contributed by atoms with van der Waals surface area (Å²) in [5, 5.41) is 9.15. The van der Waals surface area contributed by atoms with Crippen LogP contribution in [0.2, 0.25) is 0 Å². The van der Waals surface area contributed by atoms with E-state index in [2.05, 4.69) is 0 Å². The molecule has 92 valence electrons. The fraction of sp³-hybridized carbons (Fsp3) is 0.417. The molecule has 0 saturated carbocycles. The molecule has 0 aromatic heterocycles. The zero-order valence-electron chi connectivity index (χ0n) is 9.77. The smallest absolute Gasteiger partial charge is 0.312 e. The van der Waals surface area contributed by atoms with Gasteiger partial charge in [-0.2, -0.15) is 0 Å². The first-order valence-electron chi connectivity index (χ1n) is 5.38. The topological polar surface area (TPSA) is 72.5 Å². The van der Waals surface area contributed by atoms with Crippen LogP contribution in [0.25, 0.3) is 0 Å². The van der Waals surface area contributed by atoms with E-state index in [-0.39, 0.29) is 11.5 Å². The molecule has 17 heavy (non-hydrogen) atoms. The molecule has 0 aliphatic carbocycles. The quantitative estimate of drug-likeness (QED) is 0.862. The second-order valence-corrected chi connectivity index (χ2v) is 6.03. The molecule has 1 aromatic carbocycles. The van der Waals surface area contributed by atoms with Crippen molar-refractivity contribution < 1.29 is 14.6 Å². The highest BCUT2D eigenvalue weighted by Crippen LogP contribution is 2.49. The lowest BCUT2D eigenvalue weighted by Gasteiger charge is -2.18. The van der Waals surface area contributed by atoms with Crippen LogP contribution in [0, 0.1) is 0 Å². The van der Waals surface area contributed by atoms with Crippen LogP contribution in [0.15, 0.2) is 23.1 Å². The standard InChI is InChI=1S/C12H15NO3S/c1-12(2)16-10-7(8(6-13)11(14)15)4-3-5-9(10)17-12/h3-5,8H,6,13H2,1-2H3,(H,14,15). The van der Waals surface area contributed by atoms with Gasteiger partial charge in [-0.25, -0.2) is 0 Å². The minimum atomic E-state index is -0.917. The molecule has 5 heteroatoms. The zero-order valence-corrected chi connectivity index (χ0v) is 10.6. The molecular formula is C12H15NO3S. The average Bonchev–Trinajstić information content (AvgIpc) is 2.53. The Labute approximate surface area is 104 Å². The summed E-state index contributed by atoms with van der Waals surface area (Å²) in [6, 6.07) is 5.55. The predicted molar refractivity (Wildman–Crippen MR) is 66.4 cm³/mol. The van der Waals surface area contributed by atoms with E-state index in [1.54, 1.807) is 17.8 Å². The second-order valence-electron chi connectivity index (χ2n) is 4.40. The van der Waals surface area contributed by atoms with Crippen molar-refractivity contribution in [3.05, 3.63) is 23.8 Å². The molecule has 4 nitrogen and oxygen atoms in total. The molecule has 1 aromatic rings. The second kappa shape index (κ2) is 4.23. The van der Waals surface area contributed by atoms with Gasteiger partial charge in [-0.3, -0.25) is 4.79 Å². The van der Waals surface area contributed by atoms with Crippen LogP contribution in [-0.2, 0) is 4.79 Å². The number of nitrogens with two attached hydrogens (primary N) is 1. The summed E-state index contributed by atoms with van der Waals surface area (Å²) < 4.78 is 5.80. The SMILES string of the molecule is CC1(C)Oc2c(cccc2C(CN)C(=O)O)S1. The van der Waals surface area contributed by atoms with Crippen molar-refractivity contribution in [3.8, 4) is 5.75 Å². The van der Waals surface area contributed by atoms with Crippen molar-refractivity contribution in [2.75, 3.05) is 6.54 Å². The fourth-order valence-corrected chi connectivity index (χ4v) is 2.94. The molecule has 0 amide bonds. The van der Waals surface area contributed by atoms with Crippen LogP contribution >= 0.6 is 11.8 Å². The number of ether oxygens (including phenoxy) is 1. The molecule has 1 heterocycles. The maximum Gasteiger partial charge on any atom is 0.312 e. The number of hydrogen-bond acceptors (Lipinski definition) is 4. The highest BCUT2D eigenvalue weighted by atomic mass is 32.2. The third-order valence-corrected chi connectivity index (χ3v) is 3.74. The van der Waals surface area contributed by atoms with Crippen molar-refractivity contribution in [1.82, 2.24) is 0 Å². The van der Waals surface area contributed by atoms with Gasteiger partial charge in [0.1, 0.15) is 5.75 Å². The monoisotopic (exact) mass is 253 g/mol. The van der Waals surface area contributed by atoms with Crippen molar-refractivity contribution >= 4 is 17.7 Å². The Morgan fingerprint density at radius 3 is 2.88 bits per heavy atom. The number of thioether (sulfide) groups is 1. The number of benzene rings is 1. The van der Waals surface area contributed by atoms with Crippen LogP contribution in [0.5, 0.6) is 5.75 Å². The first-order chi connectivity index (χ1) is 7.94. The molecule has 0 bridgehead atoms. The molecular weight excluding hydrogens is 238 g/mol. The van der Waals surface area contributed by atoms with E-state index in [0.29, 0.717) is 11.3 Å². The fourth-order valence-electron chi connectivity index (χ4n) is 1.89. The summed E-state index contributed by atoms with van der Waals surface area (Å²) in [5.41, 5.74) is 6.19. The summed E-state index contributed by atoms with van der Waals surface area (Å²) in [6.45, 7) is 3.99. The van der Waals surface area contributed by atoms with Gasteiger partial charge >= 0.3 is 5.97 Å². The van der Waals surface area contributed by atoms with Crippen LogP contribution in [-0.4, -0.2) is 22.6 Å². The Balaban J connectivity index is 2.45. The maximum atomic E-state index is 11.1. The van der Waals surface area contributed by atoms with Gasteiger partial charge in [0, 0.05) is 12.1 Å². The largest absolute Gasteiger partial charge is 0.481 e. The molecule has 0 saturated heterocycles. The van der Waals surface area contributed by atoms with Crippen LogP contribution in [0.4, 0.5) is 0 Å². The number of fused-ring (bicyclic) bond motifs is 1. The Bertz CT molecular complexity index is 459. The van der Waals surface area contributed by atoms with Gasteiger partial charge in [-0.1, -0.05) is 23.9 Å². The Morgan fingerprint density at radius 1 is 1.59 bits per heavy atom. The predicted octanol–water partition coefficient (Wildman–Crippen LogP) is 2.03. The number of carboxylic acids is 1. The molecule has 1 unspecified atom stereocenters. The summed E-state index contributed by atoms with van der Waals surface area (Å²) >= 11 is 1.59. The molecule has 0 spiro atoms. The van der Waals surface area contributed by atoms with E-state index in [1.807, 2.05) is 26.0 Å². The van der Waals surface area contributed by atoms with Gasteiger partial charge < -0.3 is 15.6 Å². The molecule has 0 fully saturated rings. The Morgan fingerprint density at radius 2 is 2.29 bits per heavy atom. The van der Waals surface area contributed by atoms with E-state index in [9.17, 15) is 4.79 Å². The van der Waals surface area contributed by atoms with Crippen molar-refractivity contribution in [2.24, 2.45) is 5.73 Å². The molecule has 1 atom stereocenters. The van der Waals surface area contributed by atoms with Crippen LogP contribution in [0.3, 0.4) is 0 Å². The third-order valence-electron chi connectivity index (χ3n) is 2.62. The number of para-hydroxylation sites is 1. The summed E-state index contributed by atoms with van der Waals surface area (Å²) in [5.74, 6) is -0.959. The van der Waals surface area contributed by atoms with Gasteiger partial charge in [0.05, 0.1) is 10.8 Å². The van der Waals surface area contributed by atoms with Gasteiger partial charge in [0.15, 0.2) is 4.93 Å². The molecule has 2 rings (SSSR count). The third kappa shape index (κ3) is 2.25. The van der Waals surface area contributed by atoms with Gasteiger partial charge in [0.25, 0.3) is 0 Å². The lowest BCUT2D eigenvalue weighted by atomic mass is 9.98. The van der Waals surface area contributed by atoms with Gasteiger partial charge in [0.2, 0.25) is 0 Å². The van der Waals surface area contributed by atoms with Gasteiger partial charge in [-0.05, 0) is 19.9 Å². The molecule has 1 aliphatic rings. The first kappa shape index (κ1) is 12.3. The van der Waals surface area contributed by atoms with E-state index in [0.717, 1.165) is 4.90 Å². The highest BCUT2D eigenvalue weighted by Gasteiger charge is 2.35. The normalized spacial score (nSPS) is 18.3. The summed E-state index contributed by atoms with van der Waals surface area (Å²) in [4.78, 5) is 11.8. The molecule has 0 radical (unpaired) electrons. The van der Waals surface area contributed by atoms with Crippen molar-refractivity contribution in [3.63, 3.8) is 0 Å². The Kier molecular flexibility index (Phi) is 3.05. The van der Waals surface area contributed by atoms with E-state index < -0.39 is 11.9 Å². The number of hydrogen-bond donors (Lipinski definition) is 2. The lowest BCUT2D eigenvalue weighted by molar-refractivity contribution is -0.138. The number of carbonyl (C=O) groups is 1. The average molecular weight is 253 g/mol. The number of aliphatic carboxylic acids is 1. The van der Waals surface area contributed by atoms with E-state index >= 15 is 0 Å². The van der Waals surface area contributed by atoms with Crippen molar-refractivity contribution in [1.29, 1.82) is 0 Å². The van der Waals surface area contributed by atoms with Crippen molar-refractivity contribution in [2.45, 2.75) is 29.6 Å². The summed E-state index contributed by atoms with van der Waals surface area (Å²) in [7, 11) is 0. The minimum absolute atomic E-state index is 0.0697.